The first-order valence-electron chi connectivity index (χ1n) is 6.40. The van der Waals surface area contributed by atoms with Crippen molar-refractivity contribution in [3.05, 3.63) is 29.6 Å². The van der Waals surface area contributed by atoms with E-state index in [9.17, 15) is 9.90 Å². The summed E-state index contributed by atoms with van der Waals surface area (Å²) in [6.07, 6.45) is 2.91. The van der Waals surface area contributed by atoms with Crippen molar-refractivity contribution in [2.45, 2.75) is 39.7 Å². The van der Waals surface area contributed by atoms with Gasteiger partial charge in [-0.25, -0.2) is 9.78 Å². The fourth-order valence-electron chi connectivity index (χ4n) is 2.26. The Kier molecular flexibility index (Phi) is 3.65. The van der Waals surface area contributed by atoms with Crippen LogP contribution < -0.4 is 0 Å². The summed E-state index contributed by atoms with van der Waals surface area (Å²) < 4.78 is 2.14. The van der Waals surface area contributed by atoms with E-state index in [2.05, 4.69) is 23.4 Å². The molecule has 4 nitrogen and oxygen atoms in total. The molecule has 0 saturated carbocycles. The maximum Gasteiger partial charge on any atom is 0.337 e. The average Bonchev–Trinajstić information content (AvgIpc) is 2.68. The van der Waals surface area contributed by atoms with E-state index in [4.69, 9.17) is 0 Å². The predicted molar refractivity (Wildman–Crippen MR) is 71.0 cm³/mol. The Morgan fingerprint density at radius 3 is 2.72 bits per heavy atom. The molecule has 0 amide bonds. The number of para-hydroxylation sites is 1. The summed E-state index contributed by atoms with van der Waals surface area (Å²) in [7, 11) is 0. The van der Waals surface area contributed by atoms with E-state index in [1.54, 1.807) is 12.1 Å². The molecule has 1 heterocycles. The van der Waals surface area contributed by atoms with Crippen molar-refractivity contribution in [1.82, 2.24) is 9.55 Å². The summed E-state index contributed by atoms with van der Waals surface area (Å²) in [6, 6.07) is 5.35. The van der Waals surface area contributed by atoms with Crippen LogP contribution in [0, 0.1) is 0 Å². The van der Waals surface area contributed by atoms with Crippen LogP contribution in [0.2, 0.25) is 0 Å². The second kappa shape index (κ2) is 5.21. The van der Waals surface area contributed by atoms with Crippen molar-refractivity contribution >= 4 is 17.0 Å². The Labute approximate surface area is 106 Å². The van der Waals surface area contributed by atoms with Crippen LogP contribution in [-0.4, -0.2) is 20.6 Å². The largest absolute Gasteiger partial charge is 0.478 e. The second-order valence-corrected chi connectivity index (χ2v) is 4.41. The van der Waals surface area contributed by atoms with E-state index < -0.39 is 5.97 Å². The van der Waals surface area contributed by atoms with Gasteiger partial charge in [-0.1, -0.05) is 19.9 Å². The van der Waals surface area contributed by atoms with Gasteiger partial charge >= 0.3 is 5.97 Å². The molecule has 1 N–H and O–H groups in total. The molecule has 0 radical (unpaired) electrons. The first kappa shape index (κ1) is 12.6. The first-order valence-corrected chi connectivity index (χ1v) is 6.40. The summed E-state index contributed by atoms with van der Waals surface area (Å²) in [5.41, 5.74) is 1.84. The number of nitrogens with zero attached hydrogens (tertiary/aromatic N) is 2. The molecule has 0 fully saturated rings. The highest BCUT2D eigenvalue weighted by Gasteiger charge is 2.15. The van der Waals surface area contributed by atoms with E-state index in [0.29, 0.717) is 11.1 Å². The minimum absolute atomic E-state index is 0.291. The van der Waals surface area contributed by atoms with Crippen LogP contribution in [0.25, 0.3) is 11.0 Å². The van der Waals surface area contributed by atoms with Crippen LogP contribution in [0.3, 0.4) is 0 Å². The fourth-order valence-corrected chi connectivity index (χ4v) is 2.26. The quantitative estimate of drug-likeness (QED) is 0.882. The molecule has 0 atom stereocenters. The molecule has 96 valence electrons. The second-order valence-electron chi connectivity index (χ2n) is 4.41. The summed E-state index contributed by atoms with van der Waals surface area (Å²) in [6.45, 7) is 5.10. The summed E-state index contributed by atoms with van der Waals surface area (Å²) in [5, 5.41) is 9.19. The van der Waals surface area contributed by atoms with Gasteiger partial charge in [-0.15, -0.1) is 0 Å². The van der Waals surface area contributed by atoms with Gasteiger partial charge in [0.25, 0.3) is 0 Å². The molecule has 0 spiro atoms. The van der Waals surface area contributed by atoms with Crippen molar-refractivity contribution in [3.63, 3.8) is 0 Å². The van der Waals surface area contributed by atoms with E-state index in [0.717, 1.165) is 37.1 Å². The minimum Gasteiger partial charge on any atom is -0.478 e. The van der Waals surface area contributed by atoms with Crippen molar-refractivity contribution in [2.75, 3.05) is 0 Å². The Morgan fingerprint density at radius 2 is 2.11 bits per heavy atom. The smallest absolute Gasteiger partial charge is 0.337 e. The van der Waals surface area contributed by atoms with Gasteiger partial charge in [0.15, 0.2) is 0 Å². The zero-order valence-electron chi connectivity index (χ0n) is 10.8. The van der Waals surface area contributed by atoms with Crippen LogP contribution in [0.1, 0.15) is 42.9 Å². The molecule has 0 aliphatic heterocycles. The molecular weight excluding hydrogens is 228 g/mol. The topological polar surface area (TPSA) is 55.1 Å². The third-order valence-electron chi connectivity index (χ3n) is 3.01. The highest BCUT2D eigenvalue weighted by molar-refractivity contribution is 6.01. The number of carboxylic acid groups (broad SMARTS) is 1. The van der Waals surface area contributed by atoms with Crippen LogP contribution in [0.5, 0.6) is 0 Å². The number of imidazole rings is 1. The molecule has 0 saturated heterocycles. The zero-order valence-corrected chi connectivity index (χ0v) is 10.8. The van der Waals surface area contributed by atoms with Gasteiger partial charge in [0.2, 0.25) is 0 Å². The van der Waals surface area contributed by atoms with E-state index in [1.807, 2.05) is 6.07 Å². The van der Waals surface area contributed by atoms with Crippen LogP contribution in [0.4, 0.5) is 0 Å². The number of fused-ring (bicyclic) bond motifs is 1. The Hall–Kier alpha value is -1.84. The highest BCUT2D eigenvalue weighted by Crippen LogP contribution is 2.21. The van der Waals surface area contributed by atoms with Gasteiger partial charge in [0, 0.05) is 13.0 Å². The summed E-state index contributed by atoms with van der Waals surface area (Å²) in [5.74, 6) is 0.0767. The van der Waals surface area contributed by atoms with Gasteiger partial charge in [0.05, 0.1) is 11.1 Å². The highest BCUT2D eigenvalue weighted by atomic mass is 16.4. The molecule has 18 heavy (non-hydrogen) atoms. The number of aromatic nitrogens is 2. The molecule has 2 aromatic rings. The van der Waals surface area contributed by atoms with Crippen molar-refractivity contribution in [1.29, 1.82) is 0 Å². The third-order valence-corrected chi connectivity index (χ3v) is 3.01. The van der Waals surface area contributed by atoms with Gasteiger partial charge in [-0.2, -0.15) is 0 Å². The number of benzene rings is 1. The van der Waals surface area contributed by atoms with Crippen molar-refractivity contribution in [3.8, 4) is 0 Å². The Bertz CT molecular complexity index is 572. The van der Waals surface area contributed by atoms with Gasteiger partial charge < -0.3 is 9.67 Å². The molecule has 0 aliphatic rings. The molecule has 0 bridgehead atoms. The summed E-state index contributed by atoms with van der Waals surface area (Å²) >= 11 is 0. The lowest BCUT2D eigenvalue weighted by atomic mass is 10.2. The SMILES string of the molecule is CCCc1nc2c(C(=O)O)cccc2n1CCC. The number of carbonyl (C=O) groups is 1. The van der Waals surface area contributed by atoms with Crippen LogP contribution in [0.15, 0.2) is 18.2 Å². The third kappa shape index (κ3) is 2.10. The Balaban J connectivity index is 2.66. The molecule has 2 rings (SSSR count). The summed E-state index contributed by atoms with van der Waals surface area (Å²) in [4.78, 5) is 15.7. The molecule has 0 aliphatic carbocycles. The van der Waals surface area contributed by atoms with Gasteiger partial charge in [0.1, 0.15) is 11.3 Å². The molecular formula is C14H18N2O2. The number of hydrogen-bond acceptors (Lipinski definition) is 2. The number of aryl methyl sites for hydroxylation is 2. The van der Waals surface area contributed by atoms with Gasteiger partial charge in [-0.05, 0) is 25.0 Å². The maximum atomic E-state index is 11.2. The van der Waals surface area contributed by atoms with Crippen molar-refractivity contribution < 1.29 is 9.90 Å². The lowest BCUT2D eigenvalue weighted by Gasteiger charge is -2.06. The number of hydrogen-bond donors (Lipinski definition) is 1. The standard InChI is InChI=1S/C14H18N2O2/c1-3-6-12-15-13-10(14(17)18)7-5-8-11(13)16(12)9-4-2/h5,7-8H,3-4,6,9H2,1-2H3,(H,17,18). The average molecular weight is 246 g/mol. The van der Waals surface area contributed by atoms with Gasteiger partial charge in [-0.3, -0.25) is 0 Å². The fraction of sp³-hybridized carbons (Fsp3) is 0.429. The lowest BCUT2D eigenvalue weighted by molar-refractivity contribution is 0.0699. The maximum absolute atomic E-state index is 11.2. The van der Waals surface area contributed by atoms with Crippen molar-refractivity contribution in [2.24, 2.45) is 0 Å². The number of rotatable bonds is 5. The van der Waals surface area contributed by atoms with E-state index >= 15 is 0 Å². The molecule has 1 aromatic heterocycles. The van der Waals surface area contributed by atoms with Crippen LogP contribution in [-0.2, 0) is 13.0 Å². The molecule has 1 aromatic carbocycles. The van der Waals surface area contributed by atoms with E-state index in [-0.39, 0.29) is 0 Å². The van der Waals surface area contributed by atoms with Crippen LogP contribution >= 0.6 is 0 Å². The normalized spacial score (nSPS) is 11.0. The Morgan fingerprint density at radius 1 is 1.33 bits per heavy atom. The zero-order chi connectivity index (χ0) is 13.1. The number of carboxylic acids is 1. The van der Waals surface area contributed by atoms with E-state index in [1.165, 1.54) is 0 Å². The monoisotopic (exact) mass is 246 g/mol. The predicted octanol–water partition coefficient (Wildman–Crippen LogP) is 3.10. The first-order chi connectivity index (χ1) is 8.69. The molecule has 4 heteroatoms. The molecule has 0 unspecified atom stereocenters. The number of aromatic carboxylic acids is 1. The minimum atomic E-state index is -0.912. The lowest BCUT2D eigenvalue weighted by Crippen LogP contribution is -2.03.